The first-order valence-electron chi connectivity index (χ1n) is 7.75. The van der Waals surface area contributed by atoms with E-state index in [2.05, 4.69) is 5.32 Å². The Morgan fingerprint density at radius 3 is 2.05 bits per heavy atom. The number of ether oxygens (including phenoxy) is 1. The first-order chi connectivity index (χ1) is 10.2. The zero-order valence-electron chi connectivity index (χ0n) is 14.0. The van der Waals surface area contributed by atoms with Crippen LogP contribution in [0.3, 0.4) is 0 Å². The van der Waals surface area contributed by atoms with Gasteiger partial charge in [-0.3, -0.25) is 9.59 Å². The molecule has 7 heteroatoms. The van der Waals surface area contributed by atoms with Crippen LogP contribution in [0.15, 0.2) is 0 Å². The number of amides is 3. The third-order valence-electron chi connectivity index (χ3n) is 3.29. The van der Waals surface area contributed by atoms with Gasteiger partial charge in [-0.2, -0.15) is 0 Å². The van der Waals surface area contributed by atoms with Crippen LogP contribution in [0.4, 0.5) is 4.79 Å². The van der Waals surface area contributed by atoms with Crippen LogP contribution in [-0.2, 0) is 14.3 Å². The summed E-state index contributed by atoms with van der Waals surface area (Å²) < 4.78 is 5.09. The van der Waals surface area contributed by atoms with E-state index in [1.165, 1.54) is 0 Å². The highest BCUT2D eigenvalue weighted by molar-refractivity contribution is 5.82. The molecule has 0 aromatic carbocycles. The van der Waals surface area contributed by atoms with Crippen LogP contribution in [0.2, 0.25) is 0 Å². The number of rotatable bonds is 3. The Bertz CT molecular complexity index is 418. The molecule has 0 aromatic rings. The van der Waals surface area contributed by atoms with Gasteiger partial charge in [0.05, 0.1) is 0 Å². The fourth-order valence-corrected chi connectivity index (χ4v) is 2.21. The summed E-state index contributed by atoms with van der Waals surface area (Å²) in [5.41, 5.74) is -0.587. The molecule has 1 heterocycles. The average Bonchev–Trinajstić information content (AvgIpc) is 2.68. The van der Waals surface area contributed by atoms with Crippen LogP contribution in [0, 0.1) is 0 Å². The fraction of sp³-hybridized carbons (Fsp3) is 0.800. The van der Waals surface area contributed by atoms with E-state index in [4.69, 9.17) is 4.74 Å². The summed E-state index contributed by atoms with van der Waals surface area (Å²) in [6.45, 7) is 9.37. The number of carbonyl (C=O) groups is 3. The lowest BCUT2D eigenvalue weighted by atomic mass is 10.2. The van der Waals surface area contributed by atoms with Crippen LogP contribution in [0.25, 0.3) is 0 Å². The van der Waals surface area contributed by atoms with Gasteiger partial charge in [0.25, 0.3) is 0 Å². The van der Waals surface area contributed by atoms with E-state index in [1.807, 2.05) is 6.92 Å². The average molecular weight is 313 g/mol. The van der Waals surface area contributed by atoms with Gasteiger partial charge in [0.2, 0.25) is 11.8 Å². The molecule has 0 radical (unpaired) electrons. The number of alkyl carbamates (subject to hydrolysis) is 1. The van der Waals surface area contributed by atoms with Crippen molar-refractivity contribution in [2.24, 2.45) is 0 Å². The summed E-state index contributed by atoms with van der Waals surface area (Å²) in [5, 5.41) is 2.47. The Morgan fingerprint density at radius 2 is 1.55 bits per heavy atom. The van der Waals surface area contributed by atoms with E-state index in [9.17, 15) is 14.4 Å². The van der Waals surface area contributed by atoms with Gasteiger partial charge >= 0.3 is 6.09 Å². The fourth-order valence-electron chi connectivity index (χ4n) is 2.21. The predicted molar refractivity (Wildman–Crippen MR) is 82.3 cm³/mol. The number of carbonyl (C=O) groups excluding carboxylic acids is 3. The van der Waals surface area contributed by atoms with Gasteiger partial charge in [-0.05, 0) is 27.2 Å². The Labute approximate surface area is 132 Å². The summed E-state index contributed by atoms with van der Waals surface area (Å²) >= 11 is 0. The molecule has 1 N–H and O–H groups in total. The SMILES string of the molecule is CCC(=O)N1CCCN(C(=O)CNC(=O)OC(C)(C)C)CC1. The Kier molecular flexibility index (Phi) is 6.64. The maximum absolute atomic E-state index is 12.1. The molecule has 0 saturated carbocycles. The minimum Gasteiger partial charge on any atom is -0.444 e. The third kappa shape index (κ3) is 6.32. The molecule has 0 unspecified atom stereocenters. The molecular weight excluding hydrogens is 286 g/mol. The quantitative estimate of drug-likeness (QED) is 0.842. The number of hydrogen-bond donors (Lipinski definition) is 1. The van der Waals surface area contributed by atoms with E-state index in [1.54, 1.807) is 30.6 Å². The molecule has 1 rings (SSSR count). The highest BCUT2D eigenvalue weighted by Crippen LogP contribution is 2.07. The maximum Gasteiger partial charge on any atom is 0.408 e. The molecule has 0 atom stereocenters. The summed E-state index contributed by atoms with van der Waals surface area (Å²) in [5.74, 6) is -0.0437. The van der Waals surface area contributed by atoms with Crippen molar-refractivity contribution in [1.29, 1.82) is 0 Å². The monoisotopic (exact) mass is 313 g/mol. The molecule has 126 valence electrons. The van der Waals surface area contributed by atoms with Crippen LogP contribution < -0.4 is 5.32 Å². The second kappa shape index (κ2) is 8.00. The molecule has 0 aromatic heterocycles. The van der Waals surface area contributed by atoms with Gasteiger partial charge in [0.1, 0.15) is 12.1 Å². The van der Waals surface area contributed by atoms with Gasteiger partial charge in [-0.15, -0.1) is 0 Å². The molecule has 22 heavy (non-hydrogen) atoms. The third-order valence-corrected chi connectivity index (χ3v) is 3.29. The van der Waals surface area contributed by atoms with Crippen molar-refractivity contribution in [2.45, 2.75) is 46.1 Å². The normalized spacial score (nSPS) is 16.0. The number of hydrogen-bond acceptors (Lipinski definition) is 4. The van der Waals surface area contributed by atoms with Crippen LogP contribution in [0.5, 0.6) is 0 Å². The molecule has 3 amide bonds. The maximum atomic E-state index is 12.1. The smallest absolute Gasteiger partial charge is 0.408 e. The van der Waals surface area contributed by atoms with Gasteiger partial charge in [-0.1, -0.05) is 6.92 Å². The van der Waals surface area contributed by atoms with Crippen molar-refractivity contribution in [3.05, 3.63) is 0 Å². The summed E-state index contributed by atoms with van der Waals surface area (Å²) in [7, 11) is 0. The standard InChI is InChI=1S/C15H27N3O4/c1-5-12(19)17-7-6-8-18(10-9-17)13(20)11-16-14(21)22-15(2,3)4/h5-11H2,1-4H3,(H,16,21). The van der Waals surface area contributed by atoms with Gasteiger partial charge in [0.15, 0.2) is 0 Å². The molecule has 1 aliphatic rings. The molecule has 1 saturated heterocycles. The Balaban J connectivity index is 2.40. The zero-order valence-corrected chi connectivity index (χ0v) is 14.0. The molecule has 0 bridgehead atoms. The Hall–Kier alpha value is -1.79. The molecule has 0 spiro atoms. The second-order valence-corrected chi connectivity index (χ2v) is 6.32. The number of nitrogens with zero attached hydrogens (tertiary/aromatic N) is 2. The largest absolute Gasteiger partial charge is 0.444 e. The minimum atomic E-state index is -0.599. The van der Waals surface area contributed by atoms with E-state index >= 15 is 0 Å². The number of nitrogens with one attached hydrogen (secondary N) is 1. The molecule has 0 aliphatic carbocycles. The molecule has 7 nitrogen and oxygen atoms in total. The lowest BCUT2D eigenvalue weighted by Crippen LogP contribution is -2.43. The Morgan fingerprint density at radius 1 is 1.00 bits per heavy atom. The van der Waals surface area contributed by atoms with E-state index < -0.39 is 11.7 Å². The van der Waals surface area contributed by atoms with Crippen molar-refractivity contribution in [3.8, 4) is 0 Å². The van der Waals surface area contributed by atoms with E-state index in [0.717, 1.165) is 6.42 Å². The van der Waals surface area contributed by atoms with Gasteiger partial charge in [0, 0.05) is 32.6 Å². The highest BCUT2D eigenvalue weighted by Gasteiger charge is 2.22. The van der Waals surface area contributed by atoms with Crippen molar-refractivity contribution < 1.29 is 19.1 Å². The van der Waals surface area contributed by atoms with Crippen LogP contribution in [-0.4, -0.2) is 66.0 Å². The van der Waals surface area contributed by atoms with Crippen molar-refractivity contribution in [3.63, 3.8) is 0 Å². The molecule has 1 fully saturated rings. The van der Waals surface area contributed by atoms with Crippen LogP contribution in [0.1, 0.15) is 40.5 Å². The summed E-state index contributed by atoms with van der Waals surface area (Å²) in [6.07, 6.45) is 0.636. The first kappa shape index (κ1) is 18.3. The van der Waals surface area contributed by atoms with Crippen LogP contribution >= 0.6 is 0 Å². The molecular formula is C15H27N3O4. The van der Waals surface area contributed by atoms with E-state index in [0.29, 0.717) is 32.6 Å². The van der Waals surface area contributed by atoms with Crippen molar-refractivity contribution in [2.75, 3.05) is 32.7 Å². The summed E-state index contributed by atoms with van der Waals surface area (Å²) in [4.78, 5) is 38.8. The minimum absolute atomic E-state index is 0.0867. The second-order valence-electron chi connectivity index (χ2n) is 6.32. The van der Waals surface area contributed by atoms with Gasteiger partial charge in [-0.25, -0.2) is 4.79 Å². The first-order valence-corrected chi connectivity index (χ1v) is 7.75. The topological polar surface area (TPSA) is 79.0 Å². The zero-order chi connectivity index (χ0) is 16.8. The molecule has 1 aliphatic heterocycles. The van der Waals surface area contributed by atoms with Gasteiger partial charge < -0.3 is 19.9 Å². The summed E-state index contributed by atoms with van der Waals surface area (Å²) in [6, 6.07) is 0. The predicted octanol–water partition coefficient (Wildman–Crippen LogP) is 0.982. The highest BCUT2D eigenvalue weighted by atomic mass is 16.6. The lowest BCUT2D eigenvalue weighted by Gasteiger charge is -2.23. The van der Waals surface area contributed by atoms with Crippen molar-refractivity contribution in [1.82, 2.24) is 15.1 Å². The van der Waals surface area contributed by atoms with E-state index in [-0.39, 0.29) is 18.4 Å². The lowest BCUT2D eigenvalue weighted by molar-refractivity contribution is -0.132. The van der Waals surface area contributed by atoms with Crippen molar-refractivity contribution >= 4 is 17.9 Å².